The molecule has 0 aliphatic rings. The van der Waals surface area contributed by atoms with E-state index in [1.165, 1.54) is 6.08 Å². The SMILES string of the molecule is N#Cc1cc(C=Cc2ccncc2)ccc1C=CC(=O)O. The molecule has 0 unspecified atom stereocenters. The highest BCUT2D eigenvalue weighted by Crippen LogP contribution is 2.15. The van der Waals surface area contributed by atoms with E-state index in [0.717, 1.165) is 17.2 Å². The zero-order chi connectivity index (χ0) is 15.1. The Kier molecular flexibility index (Phi) is 4.62. The summed E-state index contributed by atoms with van der Waals surface area (Å²) in [5.41, 5.74) is 2.90. The second-order valence-corrected chi connectivity index (χ2v) is 4.24. The van der Waals surface area contributed by atoms with Crippen molar-refractivity contribution in [2.45, 2.75) is 0 Å². The zero-order valence-electron chi connectivity index (χ0n) is 11.1. The highest BCUT2D eigenvalue weighted by Gasteiger charge is 2.00. The van der Waals surface area contributed by atoms with Gasteiger partial charge in [-0.05, 0) is 41.0 Å². The van der Waals surface area contributed by atoms with Crippen LogP contribution in [0.4, 0.5) is 0 Å². The van der Waals surface area contributed by atoms with Crippen molar-refractivity contribution < 1.29 is 9.90 Å². The summed E-state index contributed by atoms with van der Waals surface area (Å²) in [4.78, 5) is 14.5. The lowest BCUT2D eigenvalue weighted by Crippen LogP contribution is -1.88. The van der Waals surface area contributed by atoms with Crippen LogP contribution in [0.1, 0.15) is 22.3 Å². The van der Waals surface area contributed by atoms with Gasteiger partial charge in [0.05, 0.1) is 11.6 Å². The van der Waals surface area contributed by atoms with Crippen molar-refractivity contribution in [3.8, 4) is 6.07 Å². The molecule has 102 valence electrons. The maximum Gasteiger partial charge on any atom is 0.328 e. The topological polar surface area (TPSA) is 74.0 Å². The van der Waals surface area contributed by atoms with Gasteiger partial charge in [0.2, 0.25) is 0 Å². The largest absolute Gasteiger partial charge is 0.478 e. The Labute approximate surface area is 122 Å². The minimum absolute atomic E-state index is 0.435. The molecule has 0 fully saturated rings. The number of benzene rings is 1. The molecule has 0 aliphatic carbocycles. The van der Waals surface area contributed by atoms with E-state index < -0.39 is 5.97 Å². The van der Waals surface area contributed by atoms with Crippen molar-refractivity contribution in [1.82, 2.24) is 4.98 Å². The molecule has 1 heterocycles. The Morgan fingerprint density at radius 1 is 1.10 bits per heavy atom. The molecule has 1 aromatic carbocycles. The first kappa shape index (κ1) is 14.2. The molecule has 0 amide bonds. The maximum atomic E-state index is 10.5. The third-order valence-corrected chi connectivity index (χ3v) is 2.78. The number of nitrogens with zero attached hydrogens (tertiary/aromatic N) is 2. The summed E-state index contributed by atoms with van der Waals surface area (Å²) in [6, 6.07) is 11.1. The summed E-state index contributed by atoms with van der Waals surface area (Å²) in [5.74, 6) is -1.04. The standard InChI is InChI=1S/C17H12N2O2/c18-12-16-11-14(2-1-13-7-9-19-10-8-13)3-4-15(16)5-6-17(20)21/h1-11H,(H,20,21). The van der Waals surface area contributed by atoms with Gasteiger partial charge in [-0.2, -0.15) is 5.26 Å². The predicted octanol–water partition coefficient (Wildman–Crippen LogP) is 3.22. The van der Waals surface area contributed by atoms with Gasteiger partial charge in [0.1, 0.15) is 0 Å². The Bertz CT molecular complexity index is 741. The third kappa shape index (κ3) is 4.15. The van der Waals surface area contributed by atoms with Gasteiger partial charge in [0.15, 0.2) is 0 Å². The van der Waals surface area contributed by atoms with Gasteiger partial charge in [-0.1, -0.05) is 24.3 Å². The lowest BCUT2D eigenvalue weighted by molar-refractivity contribution is -0.131. The molecule has 1 N–H and O–H groups in total. The second kappa shape index (κ2) is 6.83. The quantitative estimate of drug-likeness (QED) is 0.870. The van der Waals surface area contributed by atoms with Crippen LogP contribution in [0.15, 0.2) is 48.8 Å². The molecular formula is C17H12N2O2. The number of carbonyl (C=O) groups is 1. The van der Waals surface area contributed by atoms with E-state index in [1.54, 1.807) is 24.5 Å². The summed E-state index contributed by atoms with van der Waals surface area (Å²) in [6.45, 7) is 0. The van der Waals surface area contributed by atoms with Gasteiger partial charge < -0.3 is 5.11 Å². The molecule has 21 heavy (non-hydrogen) atoms. The first-order valence-corrected chi connectivity index (χ1v) is 6.22. The summed E-state index contributed by atoms with van der Waals surface area (Å²) in [7, 11) is 0. The Hall–Kier alpha value is -3.19. The average molecular weight is 276 g/mol. The van der Waals surface area contributed by atoms with Crippen molar-refractivity contribution in [2.24, 2.45) is 0 Å². The number of pyridine rings is 1. The molecule has 0 bridgehead atoms. The highest BCUT2D eigenvalue weighted by molar-refractivity contribution is 5.86. The molecular weight excluding hydrogens is 264 g/mol. The summed E-state index contributed by atoms with van der Waals surface area (Å²) >= 11 is 0. The Morgan fingerprint density at radius 2 is 1.81 bits per heavy atom. The maximum absolute atomic E-state index is 10.5. The van der Waals surface area contributed by atoms with E-state index in [1.807, 2.05) is 30.4 Å². The van der Waals surface area contributed by atoms with E-state index in [4.69, 9.17) is 10.4 Å². The van der Waals surface area contributed by atoms with Crippen molar-refractivity contribution in [3.05, 3.63) is 71.1 Å². The minimum Gasteiger partial charge on any atom is -0.478 e. The van der Waals surface area contributed by atoms with Crippen LogP contribution in [-0.2, 0) is 4.79 Å². The van der Waals surface area contributed by atoms with Crippen LogP contribution in [-0.4, -0.2) is 16.1 Å². The smallest absolute Gasteiger partial charge is 0.328 e. The molecule has 4 nitrogen and oxygen atoms in total. The van der Waals surface area contributed by atoms with E-state index in [0.29, 0.717) is 11.1 Å². The fourth-order valence-electron chi connectivity index (χ4n) is 1.75. The van der Waals surface area contributed by atoms with Gasteiger partial charge in [0.25, 0.3) is 0 Å². The molecule has 2 aromatic rings. The fraction of sp³-hybridized carbons (Fsp3) is 0. The van der Waals surface area contributed by atoms with Crippen molar-refractivity contribution in [2.75, 3.05) is 0 Å². The number of hydrogen-bond acceptors (Lipinski definition) is 3. The molecule has 0 aliphatic heterocycles. The van der Waals surface area contributed by atoms with Crippen LogP contribution in [0, 0.1) is 11.3 Å². The van der Waals surface area contributed by atoms with Gasteiger partial charge in [0, 0.05) is 18.5 Å². The molecule has 0 atom stereocenters. The number of aromatic nitrogens is 1. The lowest BCUT2D eigenvalue weighted by atomic mass is 10.0. The predicted molar refractivity (Wildman–Crippen MR) is 81.0 cm³/mol. The van der Waals surface area contributed by atoms with Crippen molar-refractivity contribution in [1.29, 1.82) is 5.26 Å². The van der Waals surface area contributed by atoms with Crippen molar-refractivity contribution in [3.63, 3.8) is 0 Å². The average Bonchev–Trinajstić information content (AvgIpc) is 2.52. The number of hydrogen-bond donors (Lipinski definition) is 1. The first-order valence-electron chi connectivity index (χ1n) is 6.22. The minimum atomic E-state index is -1.04. The summed E-state index contributed by atoms with van der Waals surface area (Å²) < 4.78 is 0. The van der Waals surface area contributed by atoms with Crippen LogP contribution in [0.3, 0.4) is 0 Å². The number of rotatable bonds is 4. The van der Waals surface area contributed by atoms with E-state index >= 15 is 0 Å². The first-order chi connectivity index (χ1) is 10.2. The number of aliphatic carboxylic acids is 1. The molecule has 4 heteroatoms. The Balaban J connectivity index is 2.25. The number of carboxylic acids is 1. The summed E-state index contributed by atoms with van der Waals surface area (Å²) in [5, 5.41) is 17.7. The van der Waals surface area contributed by atoms with Gasteiger partial charge in [-0.3, -0.25) is 4.98 Å². The van der Waals surface area contributed by atoms with Crippen LogP contribution < -0.4 is 0 Å². The highest BCUT2D eigenvalue weighted by atomic mass is 16.4. The fourth-order valence-corrected chi connectivity index (χ4v) is 1.75. The van der Waals surface area contributed by atoms with E-state index in [2.05, 4.69) is 11.1 Å². The van der Waals surface area contributed by atoms with Crippen LogP contribution >= 0.6 is 0 Å². The van der Waals surface area contributed by atoms with Crippen LogP contribution in [0.25, 0.3) is 18.2 Å². The van der Waals surface area contributed by atoms with Gasteiger partial charge in [-0.15, -0.1) is 0 Å². The van der Waals surface area contributed by atoms with Gasteiger partial charge >= 0.3 is 5.97 Å². The number of carboxylic acid groups (broad SMARTS) is 1. The molecule has 1 aromatic heterocycles. The van der Waals surface area contributed by atoms with Gasteiger partial charge in [-0.25, -0.2) is 4.79 Å². The summed E-state index contributed by atoms with van der Waals surface area (Å²) in [6.07, 6.45) is 9.66. The van der Waals surface area contributed by atoms with Crippen LogP contribution in [0.5, 0.6) is 0 Å². The molecule has 0 spiro atoms. The third-order valence-electron chi connectivity index (χ3n) is 2.78. The number of nitriles is 1. The Morgan fingerprint density at radius 3 is 2.48 bits per heavy atom. The molecule has 0 radical (unpaired) electrons. The molecule has 0 saturated heterocycles. The normalized spacial score (nSPS) is 10.8. The van der Waals surface area contributed by atoms with E-state index in [-0.39, 0.29) is 0 Å². The second-order valence-electron chi connectivity index (χ2n) is 4.24. The van der Waals surface area contributed by atoms with Crippen molar-refractivity contribution >= 4 is 24.2 Å². The molecule has 0 saturated carbocycles. The van der Waals surface area contributed by atoms with E-state index in [9.17, 15) is 4.79 Å². The molecule has 2 rings (SSSR count). The monoisotopic (exact) mass is 276 g/mol. The zero-order valence-corrected chi connectivity index (χ0v) is 11.1. The van der Waals surface area contributed by atoms with Crippen LogP contribution in [0.2, 0.25) is 0 Å². The lowest BCUT2D eigenvalue weighted by Gasteiger charge is -2.00.